The molecule has 0 bridgehead atoms. The predicted octanol–water partition coefficient (Wildman–Crippen LogP) is 2.97. The molecule has 1 unspecified atom stereocenters. The Balaban J connectivity index is 2.41. The van der Waals surface area contributed by atoms with Crippen molar-refractivity contribution in [2.24, 2.45) is 0 Å². The van der Waals surface area contributed by atoms with Crippen molar-refractivity contribution < 1.29 is 32.2 Å². The van der Waals surface area contributed by atoms with Gasteiger partial charge in [0, 0.05) is 5.56 Å². The smallest absolute Gasteiger partial charge is 0.416 e. The third-order valence-corrected chi connectivity index (χ3v) is 3.34. The van der Waals surface area contributed by atoms with E-state index in [0.717, 1.165) is 6.07 Å². The summed E-state index contributed by atoms with van der Waals surface area (Å²) < 4.78 is 49.5. The molecule has 0 spiro atoms. The van der Waals surface area contributed by atoms with Crippen LogP contribution < -0.4 is 5.32 Å². The molecule has 1 aromatic rings. The molecule has 1 heterocycles. The van der Waals surface area contributed by atoms with Gasteiger partial charge in [0.25, 0.3) is 0 Å². The summed E-state index contributed by atoms with van der Waals surface area (Å²) in [5, 5.41) is 2.38. The van der Waals surface area contributed by atoms with Crippen molar-refractivity contribution in [3.05, 3.63) is 47.5 Å². The minimum atomic E-state index is -4.67. The molecule has 1 atom stereocenters. The summed E-state index contributed by atoms with van der Waals surface area (Å²) in [6.07, 6.45) is -4.35. The standard InChI is InChI=1S/C16H16F3NO4/c1-4-15(2,3)24-14(22)10-5-9(13-20-12(21)8-23-13)6-11(7-10)16(17,18)19/h4-7,13H,1,8H2,2-3H3,(H,20,21). The number of nitrogens with one attached hydrogen (secondary N) is 1. The molecule has 1 saturated heterocycles. The zero-order valence-electron chi connectivity index (χ0n) is 13.1. The lowest BCUT2D eigenvalue weighted by molar-refractivity contribution is -0.137. The molecule has 8 heteroatoms. The van der Waals surface area contributed by atoms with Crippen LogP contribution in [0.25, 0.3) is 0 Å². The molecule has 24 heavy (non-hydrogen) atoms. The highest BCUT2D eigenvalue weighted by atomic mass is 19.4. The van der Waals surface area contributed by atoms with Crippen LogP contribution in [-0.2, 0) is 20.4 Å². The van der Waals surface area contributed by atoms with Crippen LogP contribution in [-0.4, -0.2) is 24.1 Å². The quantitative estimate of drug-likeness (QED) is 0.674. The van der Waals surface area contributed by atoms with Crippen molar-refractivity contribution in [3.8, 4) is 0 Å². The molecule has 1 aliphatic rings. The molecule has 2 rings (SSSR count). The number of hydrogen-bond acceptors (Lipinski definition) is 4. The number of alkyl halides is 3. The first-order valence-electron chi connectivity index (χ1n) is 7.02. The third kappa shape index (κ3) is 4.14. The SMILES string of the molecule is C=CC(C)(C)OC(=O)c1cc(C2NC(=O)CO2)cc(C(F)(F)F)c1. The van der Waals surface area contributed by atoms with Gasteiger partial charge in [0.2, 0.25) is 5.91 Å². The zero-order valence-corrected chi connectivity index (χ0v) is 13.1. The minimum Gasteiger partial charge on any atom is -0.452 e. The van der Waals surface area contributed by atoms with Crippen LogP contribution in [0.2, 0.25) is 0 Å². The Kier molecular flexibility index (Phi) is 4.70. The van der Waals surface area contributed by atoms with Crippen LogP contribution in [0.4, 0.5) is 13.2 Å². The minimum absolute atomic E-state index is 0.0130. The Hall–Kier alpha value is -2.35. The van der Waals surface area contributed by atoms with Gasteiger partial charge in [-0.3, -0.25) is 4.79 Å². The third-order valence-electron chi connectivity index (χ3n) is 3.34. The number of ether oxygens (including phenoxy) is 2. The second-order valence-electron chi connectivity index (χ2n) is 5.80. The topological polar surface area (TPSA) is 64.6 Å². The lowest BCUT2D eigenvalue weighted by atomic mass is 10.0. The fourth-order valence-electron chi connectivity index (χ4n) is 1.99. The van der Waals surface area contributed by atoms with Gasteiger partial charge in [-0.25, -0.2) is 4.79 Å². The average molecular weight is 343 g/mol. The number of carbonyl (C=O) groups excluding carboxylic acids is 2. The normalized spacial score (nSPS) is 18.2. The van der Waals surface area contributed by atoms with E-state index in [1.165, 1.54) is 12.1 Å². The zero-order chi connectivity index (χ0) is 18.1. The van der Waals surface area contributed by atoms with Crippen LogP contribution in [0.3, 0.4) is 0 Å². The van der Waals surface area contributed by atoms with E-state index in [9.17, 15) is 22.8 Å². The first kappa shape index (κ1) is 18.0. The summed E-state index contributed by atoms with van der Waals surface area (Å²) in [4.78, 5) is 23.4. The van der Waals surface area contributed by atoms with Crippen molar-refractivity contribution in [1.29, 1.82) is 0 Å². The van der Waals surface area contributed by atoms with Gasteiger partial charge in [-0.1, -0.05) is 6.58 Å². The van der Waals surface area contributed by atoms with Gasteiger partial charge in [-0.05, 0) is 38.1 Å². The maximum atomic E-state index is 13.1. The molecule has 5 nitrogen and oxygen atoms in total. The summed E-state index contributed by atoms with van der Waals surface area (Å²) >= 11 is 0. The number of carbonyl (C=O) groups is 2. The molecule has 1 aromatic carbocycles. The van der Waals surface area contributed by atoms with E-state index >= 15 is 0 Å². The van der Waals surface area contributed by atoms with Crippen molar-refractivity contribution in [1.82, 2.24) is 5.32 Å². The number of benzene rings is 1. The van der Waals surface area contributed by atoms with Gasteiger partial charge in [0.05, 0.1) is 11.1 Å². The lowest BCUT2D eigenvalue weighted by Crippen LogP contribution is -2.26. The van der Waals surface area contributed by atoms with Crippen molar-refractivity contribution in [2.75, 3.05) is 6.61 Å². The second-order valence-corrected chi connectivity index (χ2v) is 5.80. The molecule has 0 radical (unpaired) electrons. The Morgan fingerprint density at radius 1 is 1.38 bits per heavy atom. The second kappa shape index (κ2) is 6.27. The number of rotatable bonds is 4. The summed E-state index contributed by atoms with van der Waals surface area (Å²) in [5.74, 6) is -1.38. The van der Waals surface area contributed by atoms with Crippen LogP contribution >= 0.6 is 0 Å². The lowest BCUT2D eigenvalue weighted by Gasteiger charge is -2.21. The summed E-state index contributed by atoms with van der Waals surface area (Å²) in [7, 11) is 0. The molecule has 1 amide bonds. The van der Waals surface area contributed by atoms with Crippen LogP contribution in [0.15, 0.2) is 30.9 Å². The molecule has 0 aromatic heterocycles. The fourth-order valence-corrected chi connectivity index (χ4v) is 1.99. The molecular weight excluding hydrogens is 327 g/mol. The van der Waals surface area contributed by atoms with E-state index in [4.69, 9.17) is 9.47 Å². The van der Waals surface area contributed by atoms with Gasteiger partial charge < -0.3 is 14.8 Å². The van der Waals surface area contributed by atoms with E-state index < -0.39 is 35.4 Å². The average Bonchev–Trinajstić information content (AvgIpc) is 2.92. The molecule has 1 N–H and O–H groups in total. The maximum Gasteiger partial charge on any atom is 0.416 e. The molecule has 130 valence electrons. The molecule has 0 aliphatic carbocycles. The highest BCUT2D eigenvalue weighted by molar-refractivity contribution is 5.90. The highest BCUT2D eigenvalue weighted by Gasteiger charge is 2.34. The first-order valence-corrected chi connectivity index (χ1v) is 7.02. The fraction of sp³-hybridized carbons (Fsp3) is 0.375. The summed E-state index contributed by atoms with van der Waals surface area (Å²) in [5.41, 5.74) is -2.35. The predicted molar refractivity (Wildman–Crippen MR) is 78.0 cm³/mol. The summed E-state index contributed by atoms with van der Waals surface area (Å²) in [6.45, 7) is 6.34. The summed E-state index contributed by atoms with van der Waals surface area (Å²) in [6, 6.07) is 2.72. The number of halogens is 3. The van der Waals surface area contributed by atoms with E-state index in [1.807, 2.05) is 0 Å². The van der Waals surface area contributed by atoms with Crippen molar-refractivity contribution in [2.45, 2.75) is 31.9 Å². The Bertz CT molecular complexity index is 682. The van der Waals surface area contributed by atoms with Crippen molar-refractivity contribution in [3.63, 3.8) is 0 Å². The monoisotopic (exact) mass is 343 g/mol. The highest BCUT2D eigenvalue weighted by Crippen LogP contribution is 2.33. The van der Waals surface area contributed by atoms with Gasteiger partial charge in [0.1, 0.15) is 12.2 Å². The first-order chi connectivity index (χ1) is 11.0. The Morgan fingerprint density at radius 3 is 2.54 bits per heavy atom. The van der Waals surface area contributed by atoms with Crippen LogP contribution in [0.1, 0.15) is 41.6 Å². The molecule has 0 saturated carbocycles. The van der Waals surface area contributed by atoms with E-state index in [2.05, 4.69) is 11.9 Å². The molecule has 1 fully saturated rings. The molecular formula is C16H16F3NO4. The van der Waals surface area contributed by atoms with Gasteiger partial charge in [-0.2, -0.15) is 13.2 Å². The van der Waals surface area contributed by atoms with Crippen molar-refractivity contribution >= 4 is 11.9 Å². The molecule has 1 aliphatic heterocycles. The number of amides is 1. The van der Waals surface area contributed by atoms with Gasteiger partial charge in [0.15, 0.2) is 6.23 Å². The maximum absolute atomic E-state index is 13.1. The Morgan fingerprint density at radius 2 is 2.04 bits per heavy atom. The van der Waals surface area contributed by atoms with Gasteiger partial charge >= 0.3 is 12.1 Å². The largest absolute Gasteiger partial charge is 0.452 e. The number of esters is 1. The number of hydrogen-bond donors (Lipinski definition) is 1. The van der Waals surface area contributed by atoms with E-state index in [1.54, 1.807) is 13.8 Å². The van der Waals surface area contributed by atoms with Crippen LogP contribution in [0, 0.1) is 0 Å². The van der Waals surface area contributed by atoms with E-state index in [-0.39, 0.29) is 17.7 Å². The van der Waals surface area contributed by atoms with Crippen LogP contribution in [0.5, 0.6) is 0 Å². The van der Waals surface area contributed by atoms with Gasteiger partial charge in [-0.15, -0.1) is 0 Å². The Labute approximate surface area is 136 Å². The van der Waals surface area contributed by atoms with E-state index in [0.29, 0.717) is 6.07 Å².